The van der Waals surface area contributed by atoms with Gasteiger partial charge in [0.05, 0.1) is 12.0 Å². The van der Waals surface area contributed by atoms with E-state index in [1.807, 2.05) is 30.3 Å². The van der Waals surface area contributed by atoms with Crippen LogP contribution in [0.5, 0.6) is 0 Å². The first-order valence-electron chi connectivity index (χ1n) is 10.6. The van der Waals surface area contributed by atoms with Crippen LogP contribution in [0.25, 0.3) is 0 Å². The van der Waals surface area contributed by atoms with Crippen molar-refractivity contribution < 1.29 is 14.0 Å². The van der Waals surface area contributed by atoms with Gasteiger partial charge in [-0.05, 0) is 60.4 Å². The summed E-state index contributed by atoms with van der Waals surface area (Å²) in [7, 11) is 0. The van der Waals surface area contributed by atoms with E-state index >= 15 is 0 Å². The minimum Gasteiger partial charge on any atom is -0.352 e. The molecule has 0 aliphatic carbocycles. The molecule has 4 nitrogen and oxygen atoms in total. The zero-order valence-electron chi connectivity index (χ0n) is 17.5. The molecule has 0 saturated carbocycles. The predicted molar refractivity (Wildman–Crippen MR) is 123 cm³/mol. The van der Waals surface area contributed by atoms with Crippen molar-refractivity contribution in [2.45, 2.75) is 25.4 Å². The average Bonchev–Trinajstić information content (AvgIpc) is 2.83. The maximum absolute atomic E-state index is 13.4. The third kappa shape index (κ3) is 5.17. The lowest BCUT2D eigenvalue weighted by Gasteiger charge is -2.39. The fourth-order valence-electron chi connectivity index (χ4n) is 4.17. The molecular formula is C26H24ClFN2O2. The van der Waals surface area contributed by atoms with Crippen LogP contribution in [0, 0.1) is 11.7 Å². The van der Waals surface area contributed by atoms with Crippen molar-refractivity contribution in [1.82, 2.24) is 10.2 Å². The Morgan fingerprint density at radius 2 is 1.72 bits per heavy atom. The highest BCUT2D eigenvalue weighted by Gasteiger charge is 2.35. The molecule has 0 aromatic heterocycles. The lowest BCUT2D eigenvalue weighted by atomic mass is 9.87. The van der Waals surface area contributed by atoms with Crippen LogP contribution in [0.15, 0.2) is 78.9 Å². The van der Waals surface area contributed by atoms with Gasteiger partial charge < -0.3 is 10.2 Å². The summed E-state index contributed by atoms with van der Waals surface area (Å²) in [5, 5.41) is 3.46. The molecule has 3 aromatic carbocycles. The lowest BCUT2D eigenvalue weighted by molar-refractivity contribution is -0.127. The maximum atomic E-state index is 13.4. The number of hydrogen-bond donors (Lipinski definition) is 1. The van der Waals surface area contributed by atoms with E-state index in [0.717, 1.165) is 5.56 Å². The molecule has 1 saturated heterocycles. The first-order valence-corrected chi connectivity index (χ1v) is 11.0. The van der Waals surface area contributed by atoms with Crippen LogP contribution in [-0.2, 0) is 11.3 Å². The Kier molecular flexibility index (Phi) is 6.86. The number of halogens is 2. The fraction of sp³-hybridized carbons (Fsp3) is 0.231. The zero-order valence-corrected chi connectivity index (χ0v) is 18.3. The third-order valence-electron chi connectivity index (χ3n) is 5.84. The van der Waals surface area contributed by atoms with Crippen LogP contribution in [0.2, 0.25) is 5.02 Å². The van der Waals surface area contributed by atoms with Crippen molar-refractivity contribution in [3.05, 3.63) is 106 Å². The van der Waals surface area contributed by atoms with Gasteiger partial charge in [0.15, 0.2) is 0 Å². The van der Waals surface area contributed by atoms with Gasteiger partial charge in [-0.15, -0.1) is 0 Å². The third-order valence-corrected chi connectivity index (χ3v) is 6.10. The number of benzene rings is 3. The lowest BCUT2D eigenvalue weighted by Crippen LogP contribution is -2.46. The number of carbonyl (C=O) groups is 2. The van der Waals surface area contributed by atoms with Gasteiger partial charge in [0.25, 0.3) is 5.91 Å². The molecule has 4 rings (SSSR count). The van der Waals surface area contributed by atoms with E-state index in [0.29, 0.717) is 35.5 Å². The summed E-state index contributed by atoms with van der Waals surface area (Å²) >= 11 is 5.99. The Morgan fingerprint density at radius 3 is 2.44 bits per heavy atom. The summed E-state index contributed by atoms with van der Waals surface area (Å²) in [4.78, 5) is 28.1. The monoisotopic (exact) mass is 450 g/mol. The van der Waals surface area contributed by atoms with E-state index in [1.54, 1.807) is 41.3 Å². The van der Waals surface area contributed by atoms with Crippen molar-refractivity contribution >= 4 is 23.4 Å². The van der Waals surface area contributed by atoms with Crippen LogP contribution in [0.1, 0.15) is 40.4 Å². The highest BCUT2D eigenvalue weighted by atomic mass is 35.5. The van der Waals surface area contributed by atoms with E-state index in [4.69, 9.17) is 11.6 Å². The van der Waals surface area contributed by atoms with E-state index < -0.39 is 0 Å². The normalized spacial score (nSPS) is 18.2. The van der Waals surface area contributed by atoms with Crippen LogP contribution in [0.4, 0.5) is 4.39 Å². The number of amides is 2. The standard InChI is InChI=1S/C26H24ClFN2O2/c27-22-12-9-20(10-13-22)26(32)30-17-21(11-14-24(30)19-6-2-1-3-7-19)25(31)29-16-18-5-4-8-23(28)15-18/h1-10,12-13,15,21,24H,11,14,16-17H2,(H,29,31)/t21-,24+/m1/s1. The van der Waals surface area contributed by atoms with E-state index in [2.05, 4.69) is 5.32 Å². The molecule has 32 heavy (non-hydrogen) atoms. The van der Waals surface area contributed by atoms with Crippen molar-refractivity contribution in [3.63, 3.8) is 0 Å². The second-order valence-corrected chi connectivity index (χ2v) is 8.45. The van der Waals surface area contributed by atoms with E-state index in [-0.39, 0.29) is 36.1 Å². The van der Waals surface area contributed by atoms with Crippen molar-refractivity contribution in [2.75, 3.05) is 6.54 Å². The molecule has 1 N–H and O–H groups in total. The van der Waals surface area contributed by atoms with E-state index in [9.17, 15) is 14.0 Å². The summed E-state index contributed by atoms with van der Waals surface area (Å²) < 4.78 is 13.4. The average molecular weight is 451 g/mol. The second kappa shape index (κ2) is 9.96. The Labute approximate surface area is 192 Å². The van der Waals surface area contributed by atoms with Crippen molar-refractivity contribution in [1.29, 1.82) is 0 Å². The SMILES string of the molecule is O=C(NCc1cccc(F)c1)[C@@H]1CC[C@@H](c2ccccc2)N(C(=O)c2ccc(Cl)cc2)C1. The summed E-state index contributed by atoms with van der Waals surface area (Å²) in [5.41, 5.74) is 2.29. The molecule has 1 aliphatic heterocycles. The number of hydrogen-bond acceptors (Lipinski definition) is 2. The molecule has 1 aliphatic rings. The van der Waals surface area contributed by atoms with Crippen molar-refractivity contribution in [2.24, 2.45) is 5.92 Å². The molecule has 0 spiro atoms. The van der Waals surface area contributed by atoms with Crippen LogP contribution >= 0.6 is 11.6 Å². The van der Waals surface area contributed by atoms with Gasteiger partial charge in [-0.25, -0.2) is 4.39 Å². The summed E-state index contributed by atoms with van der Waals surface area (Å²) in [6.07, 6.45) is 1.35. The number of nitrogens with zero attached hydrogens (tertiary/aromatic N) is 1. The Hall–Kier alpha value is -3.18. The van der Waals surface area contributed by atoms with Gasteiger partial charge in [0.1, 0.15) is 5.82 Å². The Morgan fingerprint density at radius 1 is 0.969 bits per heavy atom. The molecule has 0 radical (unpaired) electrons. The first kappa shape index (κ1) is 22.0. The Bertz CT molecular complexity index is 1090. The van der Waals surface area contributed by atoms with Crippen LogP contribution < -0.4 is 5.32 Å². The molecule has 6 heteroatoms. The van der Waals surface area contributed by atoms with Gasteiger partial charge >= 0.3 is 0 Å². The van der Waals surface area contributed by atoms with Gasteiger partial charge in [0.2, 0.25) is 5.91 Å². The van der Waals surface area contributed by atoms with Crippen LogP contribution in [0.3, 0.4) is 0 Å². The van der Waals surface area contributed by atoms with Gasteiger partial charge in [-0.3, -0.25) is 9.59 Å². The predicted octanol–water partition coefficient (Wildman–Crippen LogP) is 5.39. The summed E-state index contributed by atoms with van der Waals surface area (Å²) in [6.45, 7) is 0.566. The molecule has 0 bridgehead atoms. The number of rotatable bonds is 5. The first-order chi connectivity index (χ1) is 15.5. The topological polar surface area (TPSA) is 49.4 Å². The van der Waals surface area contributed by atoms with Gasteiger partial charge in [0, 0.05) is 23.7 Å². The molecule has 3 aromatic rings. The number of piperidine rings is 1. The number of nitrogens with one attached hydrogen (secondary N) is 1. The fourth-order valence-corrected chi connectivity index (χ4v) is 4.30. The van der Waals surface area contributed by atoms with Crippen LogP contribution in [-0.4, -0.2) is 23.3 Å². The minimum absolute atomic E-state index is 0.105. The molecule has 1 heterocycles. The van der Waals surface area contributed by atoms with Crippen molar-refractivity contribution in [3.8, 4) is 0 Å². The molecule has 2 atom stereocenters. The highest BCUT2D eigenvalue weighted by molar-refractivity contribution is 6.30. The largest absolute Gasteiger partial charge is 0.352 e. The molecule has 2 amide bonds. The van der Waals surface area contributed by atoms with Gasteiger partial charge in [-0.1, -0.05) is 54.1 Å². The van der Waals surface area contributed by atoms with E-state index in [1.165, 1.54) is 12.1 Å². The molecule has 1 fully saturated rings. The molecule has 164 valence electrons. The van der Waals surface area contributed by atoms with Gasteiger partial charge in [-0.2, -0.15) is 0 Å². The smallest absolute Gasteiger partial charge is 0.254 e. The molecular weight excluding hydrogens is 427 g/mol. The number of carbonyl (C=O) groups excluding carboxylic acids is 2. The molecule has 0 unspecified atom stereocenters. The minimum atomic E-state index is -0.334. The zero-order chi connectivity index (χ0) is 22.5. The maximum Gasteiger partial charge on any atom is 0.254 e. The number of likely N-dealkylation sites (tertiary alicyclic amines) is 1. The summed E-state index contributed by atoms with van der Waals surface area (Å²) in [5.74, 6) is -0.924. The highest BCUT2D eigenvalue weighted by Crippen LogP contribution is 2.34. The second-order valence-electron chi connectivity index (χ2n) is 8.01. The summed E-state index contributed by atoms with van der Waals surface area (Å²) in [6, 6.07) is 22.7. The Balaban J connectivity index is 1.51. The quantitative estimate of drug-likeness (QED) is 0.566.